The Kier molecular flexibility index (Phi) is 6.50. The minimum atomic E-state index is -0.230. The maximum absolute atomic E-state index is 9.46. The molecule has 20 heavy (non-hydrogen) atoms. The van der Waals surface area contributed by atoms with Gasteiger partial charge in [-0.05, 0) is 43.9 Å². The van der Waals surface area contributed by atoms with Crippen molar-refractivity contribution >= 4 is 0 Å². The van der Waals surface area contributed by atoms with Crippen LogP contribution in [0.5, 0.6) is 5.75 Å². The Morgan fingerprint density at radius 1 is 1.20 bits per heavy atom. The molecule has 0 aliphatic rings. The second-order valence-corrected chi connectivity index (χ2v) is 6.21. The maximum Gasteiger partial charge on any atom is 0.119 e. The normalized spacial score (nSPS) is 15.9. The Labute approximate surface area is 123 Å². The van der Waals surface area contributed by atoms with Gasteiger partial charge in [0.15, 0.2) is 0 Å². The monoisotopic (exact) mass is 279 g/mol. The van der Waals surface area contributed by atoms with Gasteiger partial charge in [-0.1, -0.05) is 32.9 Å². The minimum Gasteiger partial charge on any atom is -0.493 e. The fraction of sp³-hybridized carbons (Fsp3) is 0.647. The van der Waals surface area contributed by atoms with E-state index in [0.29, 0.717) is 5.92 Å². The van der Waals surface area contributed by atoms with E-state index in [-0.39, 0.29) is 18.2 Å². The van der Waals surface area contributed by atoms with E-state index in [1.54, 1.807) is 0 Å². The van der Waals surface area contributed by atoms with Crippen molar-refractivity contribution in [2.75, 3.05) is 13.2 Å². The van der Waals surface area contributed by atoms with Crippen LogP contribution in [-0.4, -0.2) is 23.9 Å². The van der Waals surface area contributed by atoms with E-state index in [1.165, 1.54) is 5.56 Å². The van der Waals surface area contributed by atoms with Crippen LogP contribution in [0.4, 0.5) is 0 Å². The highest BCUT2D eigenvalue weighted by atomic mass is 16.5. The molecule has 0 aliphatic heterocycles. The molecule has 0 amide bonds. The van der Waals surface area contributed by atoms with E-state index in [4.69, 9.17) is 4.74 Å². The average Bonchev–Trinajstić information content (AvgIpc) is 2.45. The van der Waals surface area contributed by atoms with Gasteiger partial charge in [0.05, 0.1) is 13.2 Å². The number of ether oxygens (including phenoxy) is 1. The van der Waals surface area contributed by atoms with Gasteiger partial charge in [0.2, 0.25) is 0 Å². The zero-order chi connectivity index (χ0) is 15.2. The number of aliphatic hydroxyl groups excluding tert-OH is 1. The Morgan fingerprint density at radius 3 is 2.25 bits per heavy atom. The third-order valence-corrected chi connectivity index (χ3v) is 3.66. The van der Waals surface area contributed by atoms with Crippen LogP contribution in [0.25, 0.3) is 0 Å². The van der Waals surface area contributed by atoms with Gasteiger partial charge in [-0.15, -0.1) is 0 Å². The number of hydrogen-bond acceptors (Lipinski definition) is 3. The van der Waals surface area contributed by atoms with Gasteiger partial charge in [-0.25, -0.2) is 0 Å². The highest BCUT2D eigenvalue weighted by molar-refractivity contribution is 5.29. The number of hydrogen-bond donors (Lipinski definition) is 2. The molecule has 2 unspecified atom stereocenters. The lowest BCUT2D eigenvalue weighted by Gasteiger charge is -2.31. The topological polar surface area (TPSA) is 41.5 Å². The molecule has 2 atom stereocenters. The first-order valence-electron chi connectivity index (χ1n) is 7.51. The van der Waals surface area contributed by atoms with Gasteiger partial charge in [0, 0.05) is 11.6 Å². The van der Waals surface area contributed by atoms with Gasteiger partial charge in [-0.2, -0.15) is 0 Å². The lowest BCUT2D eigenvalue weighted by molar-refractivity contribution is 0.159. The zero-order valence-corrected chi connectivity index (χ0v) is 13.4. The molecule has 0 radical (unpaired) electrons. The van der Waals surface area contributed by atoms with Crippen LogP contribution < -0.4 is 10.1 Å². The number of benzene rings is 1. The van der Waals surface area contributed by atoms with E-state index in [9.17, 15) is 5.11 Å². The van der Waals surface area contributed by atoms with Gasteiger partial charge >= 0.3 is 0 Å². The third-order valence-electron chi connectivity index (χ3n) is 3.66. The maximum atomic E-state index is 9.46. The predicted octanol–water partition coefficient (Wildman–Crippen LogP) is 3.53. The quantitative estimate of drug-likeness (QED) is 0.765. The van der Waals surface area contributed by atoms with Crippen LogP contribution >= 0.6 is 0 Å². The molecule has 0 spiro atoms. The van der Waals surface area contributed by atoms with E-state index in [0.717, 1.165) is 18.8 Å². The molecule has 1 rings (SSSR count). The fourth-order valence-electron chi connectivity index (χ4n) is 1.98. The summed E-state index contributed by atoms with van der Waals surface area (Å²) < 4.78 is 5.69. The Hall–Kier alpha value is -1.06. The lowest BCUT2D eigenvalue weighted by atomic mass is 9.97. The predicted molar refractivity (Wildman–Crippen MR) is 84.1 cm³/mol. The molecular formula is C17H29NO2. The van der Waals surface area contributed by atoms with Crippen molar-refractivity contribution in [2.24, 2.45) is 5.92 Å². The van der Waals surface area contributed by atoms with Crippen molar-refractivity contribution < 1.29 is 9.84 Å². The summed E-state index contributed by atoms with van der Waals surface area (Å²) in [5.41, 5.74) is 0.974. The smallest absolute Gasteiger partial charge is 0.119 e. The van der Waals surface area contributed by atoms with Crippen LogP contribution in [0, 0.1) is 5.92 Å². The van der Waals surface area contributed by atoms with Crippen LogP contribution in [0.15, 0.2) is 24.3 Å². The van der Waals surface area contributed by atoms with Crippen LogP contribution in [-0.2, 0) is 0 Å². The Bertz CT molecular complexity index is 382. The van der Waals surface area contributed by atoms with E-state index in [1.807, 2.05) is 19.1 Å². The van der Waals surface area contributed by atoms with Crippen molar-refractivity contribution in [1.82, 2.24) is 5.32 Å². The standard InChI is InChI=1S/C17H29NO2/c1-6-17(5,12-19)18-14(4)15-7-9-16(10-8-15)20-11-13(2)3/h7-10,13-14,18-19H,6,11-12H2,1-5H3. The summed E-state index contributed by atoms with van der Waals surface area (Å²) in [4.78, 5) is 0. The van der Waals surface area contributed by atoms with Crippen molar-refractivity contribution in [3.63, 3.8) is 0 Å². The molecule has 1 aromatic carbocycles. The van der Waals surface area contributed by atoms with E-state index in [2.05, 4.69) is 45.1 Å². The third kappa shape index (κ3) is 5.14. The molecule has 114 valence electrons. The average molecular weight is 279 g/mol. The first-order chi connectivity index (χ1) is 9.40. The van der Waals surface area contributed by atoms with Gasteiger partial charge in [-0.3, -0.25) is 0 Å². The first kappa shape index (κ1) is 17.0. The minimum absolute atomic E-state index is 0.142. The summed E-state index contributed by atoms with van der Waals surface area (Å²) >= 11 is 0. The molecule has 0 fully saturated rings. The molecule has 0 saturated heterocycles. The summed E-state index contributed by atoms with van der Waals surface area (Å²) in [6.07, 6.45) is 0.892. The van der Waals surface area contributed by atoms with E-state index >= 15 is 0 Å². The van der Waals surface area contributed by atoms with Gasteiger partial charge < -0.3 is 15.2 Å². The molecule has 0 bridgehead atoms. The van der Waals surface area contributed by atoms with Crippen molar-refractivity contribution in [3.8, 4) is 5.75 Å². The molecule has 3 nitrogen and oxygen atoms in total. The van der Waals surface area contributed by atoms with Gasteiger partial charge in [0.25, 0.3) is 0 Å². The van der Waals surface area contributed by atoms with Gasteiger partial charge in [0.1, 0.15) is 5.75 Å². The summed E-state index contributed by atoms with van der Waals surface area (Å²) in [6, 6.07) is 8.39. The largest absolute Gasteiger partial charge is 0.493 e. The molecule has 3 heteroatoms. The van der Waals surface area contributed by atoms with Crippen molar-refractivity contribution in [2.45, 2.75) is 52.6 Å². The number of nitrogens with one attached hydrogen (secondary N) is 1. The molecule has 0 saturated carbocycles. The summed E-state index contributed by atoms with van der Waals surface area (Å²) in [6.45, 7) is 11.4. The molecular weight excluding hydrogens is 250 g/mol. The van der Waals surface area contributed by atoms with Crippen LogP contribution in [0.2, 0.25) is 0 Å². The van der Waals surface area contributed by atoms with Crippen LogP contribution in [0.1, 0.15) is 52.6 Å². The highest BCUT2D eigenvalue weighted by Gasteiger charge is 2.23. The van der Waals surface area contributed by atoms with E-state index < -0.39 is 0 Å². The summed E-state index contributed by atoms with van der Waals surface area (Å²) in [5.74, 6) is 1.44. The number of aliphatic hydroxyl groups is 1. The van der Waals surface area contributed by atoms with Crippen molar-refractivity contribution in [1.29, 1.82) is 0 Å². The molecule has 0 aliphatic carbocycles. The van der Waals surface area contributed by atoms with Crippen molar-refractivity contribution in [3.05, 3.63) is 29.8 Å². The second kappa shape index (κ2) is 7.65. The highest BCUT2D eigenvalue weighted by Crippen LogP contribution is 2.21. The number of rotatable bonds is 8. The second-order valence-electron chi connectivity index (χ2n) is 6.21. The molecule has 1 aromatic rings. The molecule has 2 N–H and O–H groups in total. The summed E-state index contributed by atoms with van der Waals surface area (Å²) in [5, 5.41) is 13.0. The summed E-state index contributed by atoms with van der Waals surface area (Å²) in [7, 11) is 0. The van der Waals surface area contributed by atoms with Crippen LogP contribution in [0.3, 0.4) is 0 Å². The Morgan fingerprint density at radius 2 is 1.80 bits per heavy atom. The fourth-order valence-corrected chi connectivity index (χ4v) is 1.98. The first-order valence-corrected chi connectivity index (χ1v) is 7.51. The lowest BCUT2D eigenvalue weighted by Crippen LogP contribution is -2.46. The SMILES string of the molecule is CCC(C)(CO)NC(C)c1ccc(OCC(C)C)cc1. The zero-order valence-electron chi connectivity index (χ0n) is 13.4. The molecule has 0 aromatic heterocycles. The Balaban J connectivity index is 2.63. The molecule has 0 heterocycles.